The third-order valence-corrected chi connectivity index (χ3v) is 6.14. The van der Waals surface area contributed by atoms with Gasteiger partial charge in [-0.15, -0.1) is 0 Å². The summed E-state index contributed by atoms with van der Waals surface area (Å²) in [6.45, 7) is 7.00. The van der Waals surface area contributed by atoms with Gasteiger partial charge in [0.1, 0.15) is 11.6 Å². The van der Waals surface area contributed by atoms with E-state index in [-0.39, 0.29) is 11.4 Å². The largest absolute Gasteiger partial charge is 0.494 e. The number of aromatic nitrogens is 2. The van der Waals surface area contributed by atoms with E-state index in [1.165, 1.54) is 31.4 Å². The number of hydrogen-bond donors (Lipinski definition) is 2. The van der Waals surface area contributed by atoms with E-state index in [9.17, 15) is 8.42 Å². The molecule has 2 N–H and O–H groups in total. The molecule has 158 valence electrons. The monoisotopic (exact) mass is 419 g/mol. The van der Waals surface area contributed by atoms with Gasteiger partial charge < -0.3 is 15.0 Å². The van der Waals surface area contributed by atoms with Crippen molar-refractivity contribution in [2.24, 2.45) is 0 Å². The maximum atomic E-state index is 12.4. The minimum Gasteiger partial charge on any atom is -0.494 e. The van der Waals surface area contributed by atoms with E-state index in [2.05, 4.69) is 24.9 Å². The van der Waals surface area contributed by atoms with Crippen LogP contribution in [0.5, 0.6) is 5.75 Å². The van der Waals surface area contributed by atoms with Crippen molar-refractivity contribution < 1.29 is 13.2 Å². The van der Waals surface area contributed by atoms with E-state index >= 15 is 0 Å². The topological polar surface area (TPSA) is 96.5 Å². The van der Waals surface area contributed by atoms with Crippen LogP contribution in [-0.2, 0) is 10.0 Å². The number of sulfonamides is 1. The number of hydrogen-bond acceptors (Lipinski definition) is 7. The number of benzene rings is 1. The first-order valence-corrected chi connectivity index (χ1v) is 11.5. The summed E-state index contributed by atoms with van der Waals surface area (Å²) in [6, 6.07) is 8.37. The number of aryl methyl sites for hydroxylation is 1. The predicted molar refractivity (Wildman–Crippen MR) is 114 cm³/mol. The Kier molecular flexibility index (Phi) is 7.27. The highest BCUT2D eigenvalue weighted by molar-refractivity contribution is 7.89. The molecular formula is C20H29N5O3S. The maximum absolute atomic E-state index is 12.4. The molecule has 2 aromatic rings. The van der Waals surface area contributed by atoms with Gasteiger partial charge in [0.05, 0.1) is 11.5 Å². The van der Waals surface area contributed by atoms with Crippen LogP contribution < -0.4 is 19.7 Å². The first-order chi connectivity index (χ1) is 14.0. The number of ether oxygens (including phenoxy) is 1. The Morgan fingerprint density at radius 2 is 1.79 bits per heavy atom. The summed E-state index contributed by atoms with van der Waals surface area (Å²) in [4.78, 5) is 11.5. The Hall–Kier alpha value is -2.39. The van der Waals surface area contributed by atoms with Crippen molar-refractivity contribution in [1.82, 2.24) is 14.7 Å². The lowest BCUT2D eigenvalue weighted by Crippen LogP contribution is -2.31. The molecule has 0 radical (unpaired) electrons. The van der Waals surface area contributed by atoms with E-state index < -0.39 is 10.0 Å². The van der Waals surface area contributed by atoms with E-state index in [1.54, 1.807) is 12.1 Å². The first kappa shape index (κ1) is 21.3. The number of nitrogens with zero attached hydrogens (tertiary/aromatic N) is 3. The SMILES string of the molecule is CCOc1ccc(S(=O)(=O)NCCNc2nc(C)cc(N3CCCCC3)n2)cc1. The van der Waals surface area contributed by atoms with Gasteiger partial charge in [-0.1, -0.05) is 0 Å². The lowest BCUT2D eigenvalue weighted by atomic mass is 10.1. The Bertz CT molecular complexity index is 897. The molecule has 8 nitrogen and oxygen atoms in total. The molecule has 1 aromatic heterocycles. The summed E-state index contributed by atoms with van der Waals surface area (Å²) in [5.41, 5.74) is 0.887. The van der Waals surface area contributed by atoms with Crippen molar-refractivity contribution >= 4 is 21.8 Å². The van der Waals surface area contributed by atoms with Gasteiger partial charge >= 0.3 is 0 Å². The average molecular weight is 420 g/mol. The third kappa shape index (κ3) is 6.04. The highest BCUT2D eigenvalue weighted by atomic mass is 32.2. The zero-order chi connectivity index (χ0) is 20.7. The summed E-state index contributed by atoms with van der Waals surface area (Å²) in [5, 5.41) is 3.12. The molecule has 0 atom stereocenters. The van der Waals surface area contributed by atoms with Crippen LogP contribution in [0, 0.1) is 6.92 Å². The van der Waals surface area contributed by atoms with Crippen molar-refractivity contribution in [2.45, 2.75) is 38.0 Å². The molecule has 0 aliphatic carbocycles. The summed E-state index contributed by atoms with van der Waals surface area (Å²) in [5.74, 6) is 2.09. The maximum Gasteiger partial charge on any atom is 0.240 e. The molecule has 1 aromatic carbocycles. The number of piperidine rings is 1. The summed E-state index contributed by atoms with van der Waals surface area (Å²) < 4.78 is 32.8. The summed E-state index contributed by atoms with van der Waals surface area (Å²) in [6.07, 6.45) is 3.62. The molecule has 1 saturated heterocycles. The molecule has 1 fully saturated rings. The van der Waals surface area contributed by atoms with Crippen LogP contribution in [0.4, 0.5) is 11.8 Å². The average Bonchev–Trinajstić information content (AvgIpc) is 2.72. The molecule has 0 bridgehead atoms. The molecule has 0 spiro atoms. The van der Waals surface area contributed by atoms with Crippen LogP contribution >= 0.6 is 0 Å². The van der Waals surface area contributed by atoms with Gasteiger partial charge in [-0.05, 0) is 57.4 Å². The molecule has 3 rings (SSSR count). The zero-order valence-electron chi connectivity index (χ0n) is 17.0. The fraction of sp³-hybridized carbons (Fsp3) is 0.500. The minimum absolute atomic E-state index is 0.208. The van der Waals surface area contributed by atoms with E-state index in [1.807, 2.05) is 19.9 Å². The van der Waals surface area contributed by atoms with Gasteiger partial charge in [0.15, 0.2) is 0 Å². The van der Waals surface area contributed by atoms with Crippen LogP contribution in [0.25, 0.3) is 0 Å². The molecule has 1 aliphatic rings. The van der Waals surface area contributed by atoms with Gasteiger partial charge in [-0.25, -0.2) is 18.1 Å². The second kappa shape index (κ2) is 9.89. The molecule has 0 amide bonds. The Morgan fingerprint density at radius 1 is 1.07 bits per heavy atom. The quantitative estimate of drug-likeness (QED) is 0.603. The summed E-state index contributed by atoms with van der Waals surface area (Å²) >= 11 is 0. The zero-order valence-corrected chi connectivity index (χ0v) is 17.8. The second-order valence-electron chi connectivity index (χ2n) is 6.97. The highest BCUT2D eigenvalue weighted by Crippen LogP contribution is 2.19. The van der Waals surface area contributed by atoms with Gasteiger partial charge in [0.2, 0.25) is 16.0 Å². The number of nitrogens with one attached hydrogen (secondary N) is 2. The fourth-order valence-corrected chi connectivity index (χ4v) is 4.27. The van der Waals surface area contributed by atoms with Crippen molar-refractivity contribution in [2.75, 3.05) is 43.0 Å². The fourth-order valence-electron chi connectivity index (χ4n) is 3.24. The van der Waals surface area contributed by atoms with Crippen LogP contribution in [0.1, 0.15) is 31.9 Å². The van der Waals surface area contributed by atoms with E-state index in [0.29, 0.717) is 24.8 Å². The van der Waals surface area contributed by atoms with Crippen LogP contribution in [0.2, 0.25) is 0 Å². The van der Waals surface area contributed by atoms with E-state index in [0.717, 1.165) is 24.6 Å². The van der Waals surface area contributed by atoms with Gasteiger partial charge in [0, 0.05) is 37.9 Å². The van der Waals surface area contributed by atoms with Crippen molar-refractivity contribution in [3.8, 4) is 5.75 Å². The molecular weight excluding hydrogens is 390 g/mol. The van der Waals surface area contributed by atoms with Crippen LogP contribution in [-0.4, -0.2) is 51.2 Å². The van der Waals surface area contributed by atoms with Gasteiger partial charge in [-0.3, -0.25) is 0 Å². The standard InChI is InChI=1S/C20H29N5O3S/c1-3-28-17-7-9-18(10-8-17)29(26,27)22-12-11-21-20-23-16(2)15-19(24-20)25-13-5-4-6-14-25/h7-10,15,22H,3-6,11-14H2,1-2H3,(H,21,23,24). The Labute approximate surface area is 172 Å². The van der Waals surface area contributed by atoms with Crippen LogP contribution in [0.3, 0.4) is 0 Å². The highest BCUT2D eigenvalue weighted by Gasteiger charge is 2.15. The van der Waals surface area contributed by atoms with Crippen molar-refractivity contribution in [3.63, 3.8) is 0 Å². The normalized spacial score (nSPS) is 14.6. The lowest BCUT2D eigenvalue weighted by Gasteiger charge is -2.28. The smallest absolute Gasteiger partial charge is 0.240 e. The second-order valence-corrected chi connectivity index (χ2v) is 8.73. The van der Waals surface area contributed by atoms with Crippen molar-refractivity contribution in [1.29, 1.82) is 0 Å². The molecule has 0 unspecified atom stereocenters. The van der Waals surface area contributed by atoms with Gasteiger partial charge in [-0.2, -0.15) is 4.98 Å². The lowest BCUT2D eigenvalue weighted by molar-refractivity contribution is 0.340. The first-order valence-electron chi connectivity index (χ1n) is 10.0. The summed E-state index contributed by atoms with van der Waals surface area (Å²) in [7, 11) is -3.57. The third-order valence-electron chi connectivity index (χ3n) is 4.67. The van der Waals surface area contributed by atoms with Crippen molar-refractivity contribution in [3.05, 3.63) is 36.0 Å². The molecule has 2 heterocycles. The van der Waals surface area contributed by atoms with Gasteiger partial charge in [0.25, 0.3) is 0 Å². The molecule has 1 aliphatic heterocycles. The van der Waals surface area contributed by atoms with E-state index in [4.69, 9.17) is 4.74 Å². The molecule has 9 heteroatoms. The molecule has 29 heavy (non-hydrogen) atoms. The molecule has 0 saturated carbocycles. The predicted octanol–water partition coefficient (Wildman–Crippen LogP) is 2.56. The number of anilines is 2. The van der Waals surface area contributed by atoms with Crippen LogP contribution in [0.15, 0.2) is 35.2 Å². The Balaban J connectivity index is 1.53. The Morgan fingerprint density at radius 3 is 2.48 bits per heavy atom. The minimum atomic E-state index is -3.57. The number of rotatable bonds is 9.